The molecule has 1 fully saturated rings. The molecule has 92 valence electrons. The van der Waals surface area contributed by atoms with Gasteiger partial charge in [0.25, 0.3) is 0 Å². The van der Waals surface area contributed by atoms with Gasteiger partial charge in [0.15, 0.2) is 0 Å². The van der Waals surface area contributed by atoms with Gasteiger partial charge in [0.1, 0.15) is 0 Å². The smallest absolute Gasteiger partial charge is 0.0323 e. The first-order valence-corrected chi connectivity index (χ1v) is 6.72. The molecule has 0 amide bonds. The van der Waals surface area contributed by atoms with Crippen LogP contribution in [0.25, 0.3) is 11.1 Å². The largest absolute Gasteiger partial charge is 0.310 e. The molecule has 0 spiro atoms. The Morgan fingerprint density at radius 2 is 1.56 bits per heavy atom. The SMILES string of the molecule is C[C@H]1CN[C@@H](c2ccc(-c3ccccc3)cc2)C1. The molecule has 1 heteroatoms. The van der Waals surface area contributed by atoms with E-state index in [4.69, 9.17) is 0 Å². The predicted octanol–water partition coefficient (Wildman–Crippen LogP) is 4.02. The lowest BCUT2D eigenvalue weighted by molar-refractivity contribution is 0.612. The highest BCUT2D eigenvalue weighted by Crippen LogP contribution is 2.28. The summed E-state index contributed by atoms with van der Waals surface area (Å²) >= 11 is 0. The standard InChI is InChI=1S/C17H19N/c1-13-11-17(18-12-13)16-9-7-15(8-10-16)14-5-3-2-4-6-14/h2-10,13,17-18H,11-12H2,1H3/t13-,17-/m1/s1. The van der Waals surface area contributed by atoms with Crippen molar-refractivity contribution in [3.8, 4) is 11.1 Å². The van der Waals surface area contributed by atoms with Gasteiger partial charge in [0.05, 0.1) is 0 Å². The van der Waals surface area contributed by atoms with Gasteiger partial charge in [-0.15, -0.1) is 0 Å². The molecule has 2 aromatic carbocycles. The summed E-state index contributed by atoms with van der Waals surface area (Å²) in [5.41, 5.74) is 4.00. The molecule has 0 bridgehead atoms. The predicted molar refractivity (Wildman–Crippen MR) is 76.4 cm³/mol. The molecule has 3 rings (SSSR count). The Labute approximate surface area is 109 Å². The summed E-state index contributed by atoms with van der Waals surface area (Å²) in [4.78, 5) is 0. The molecule has 1 heterocycles. The van der Waals surface area contributed by atoms with E-state index >= 15 is 0 Å². The zero-order valence-corrected chi connectivity index (χ0v) is 10.8. The lowest BCUT2D eigenvalue weighted by Gasteiger charge is -2.11. The first-order chi connectivity index (χ1) is 8.83. The summed E-state index contributed by atoms with van der Waals surface area (Å²) in [6.45, 7) is 3.45. The Morgan fingerprint density at radius 3 is 2.17 bits per heavy atom. The summed E-state index contributed by atoms with van der Waals surface area (Å²) in [6, 6.07) is 20.1. The van der Waals surface area contributed by atoms with Crippen molar-refractivity contribution in [2.75, 3.05) is 6.54 Å². The van der Waals surface area contributed by atoms with Crippen LogP contribution in [0.3, 0.4) is 0 Å². The van der Waals surface area contributed by atoms with Gasteiger partial charge < -0.3 is 5.32 Å². The molecule has 2 aromatic rings. The van der Waals surface area contributed by atoms with Crippen LogP contribution >= 0.6 is 0 Å². The Hall–Kier alpha value is -1.60. The molecule has 1 saturated heterocycles. The average molecular weight is 237 g/mol. The molecule has 1 nitrogen and oxygen atoms in total. The van der Waals surface area contributed by atoms with Gasteiger partial charge in [-0.05, 0) is 35.6 Å². The monoisotopic (exact) mass is 237 g/mol. The topological polar surface area (TPSA) is 12.0 Å². The summed E-state index contributed by atoms with van der Waals surface area (Å²) in [6.07, 6.45) is 1.25. The fourth-order valence-corrected chi connectivity index (χ4v) is 2.70. The summed E-state index contributed by atoms with van der Waals surface area (Å²) in [7, 11) is 0. The van der Waals surface area contributed by atoms with Gasteiger partial charge >= 0.3 is 0 Å². The van der Waals surface area contributed by atoms with E-state index in [9.17, 15) is 0 Å². The lowest BCUT2D eigenvalue weighted by atomic mass is 9.98. The van der Waals surface area contributed by atoms with E-state index in [2.05, 4.69) is 66.8 Å². The van der Waals surface area contributed by atoms with Crippen LogP contribution in [0.2, 0.25) is 0 Å². The maximum atomic E-state index is 3.58. The number of rotatable bonds is 2. The summed E-state index contributed by atoms with van der Waals surface area (Å²) < 4.78 is 0. The van der Waals surface area contributed by atoms with Crippen LogP contribution in [0.1, 0.15) is 24.9 Å². The first-order valence-electron chi connectivity index (χ1n) is 6.72. The van der Waals surface area contributed by atoms with Gasteiger partial charge in [-0.25, -0.2) is 0 Å². The number of hydrogen-bond donors (Lipinski definition) is 1. The third-order valence-corrected chi connectivity index (χ3v) is 3.77. The molecule has 0 saturated carbocycles. The third kappa shape index (κ3) is 2.32. The maximum Gasteiger partial charge on any atom is 0.0323 e. The molecule has 18 heavy (non-hydrogen) atoms. The van der Waals surface area contributed by atoms with Crippen molar-refractivity contribution in [3.05, 3.63) is 60.2 Å². The fourth-order valence-electron chi connectivity index (χ4n) is 2.70. The van der Waals surface area contributed by atoms with Crippen molar-refractivity contribution in [2.24, 2.45) is 5.92 Å². The van der Waals surface area contributed by atoms with E-state index in [0.717, 1.165) is 12.5 Å². The highest BCUT2D eigenvalue weighted by atomic mass is 14.9. The maximum absolute atomic E-state index is 3.58. The molecule has 2 atom stereocenters. The second kappa shape index (κ2) is 4.95. The zero-order chi connectivity index (χ0) is 12.4. The molecule has 0 radical (unpaired) electrons. The minimum atomic E-state index is 0.546. The van der Waals surface area contributed by atoms with Gasteiger partial charge in [-0.1, -0.05) is 61.5 Å². The average Bonchev–Trinajstić information content (AvgIpc) is 2.87. The molecular formula is C17H19N. The van der Waals surface area contributed by atoms with Crippen molar-refractivity contribution < 1.29 is 0 Å². The van der Waals surface area contributed by atoms with E-state index < -0.39 is 0 Å². The van der Waals surface area contributed by atoms with E-state index in [1.807, 2.05) is 0 Å². The Bertz CT molecular complexity index is 501. The third-order valence-electron chi connectivity index (χ3n) is 3.77. The summed E-state index contributed by atoms with van der Waals surface area (Å²) in [5, 5.41) is 3.58. The Kier molecular flexibility index (Phi) is 3.16. The summed E-state index contributed by atoms with van der Waals surface area (Å²) in [5.74, 6) is 0.795. The molecule has 1 aliphatic heterocycles. The Morgan fingerprint density at radius 1 is 0.889 bits per heavy atom. The van der Waals surface area contributed by atoms with Crippen LogP contribution in [0.15, 0.2) is 54.6 Å². The van der Waals surface area contributed by atoms with Crippen LogP contribution in [0.4, 0.5) is 0 Å². The van der Waals surface area contributed by atoms with Crippen molar-refractivity contribution in [1.82, 2.24) is 5.32 Å². The van der Waals surface area contributed by atoms with Crippen LogP contribution in [0.5, 0.6) is 0 Å². The van der Waals surface area contributed by atoms with Gasteiger partial charge in [-0.3, -0.25) is 0 Å². The second-order valence-corrected chi connectivity index (χ2v) is 5.29. The molecule has 0 aromatic heterocycles. The normalized spacial score (nSPS) is 23.2. The van der Waals surface area contributed by atoms with Crippen molar-refractivity contribution in [1.29, 1.82) is 0 Å². The molecular weight excluding hydrogens is 218 g/mol. The molecule has 1 aliphatic rings. The number of benzene rings is 2. The van der Waals surface area contributed by atoms with Gasteiger partial charge in [0.2, 0.25) is 0 Å². The fraction of sp³-hybridized carbons (Fsp3) is 0.294. The van der Waals surface area contributed by atoms with Crippen molar-refractivity contribution >= 4 is 0 Å². The lowest BCUT2D eigenvalue weighted by Crippen LogP contribution is -2.13. The number of hydrogen-bond acceptors (Lipinski definition) is 1. The molecule has 0 unspecified atom stereocenters. The minimum absolute atomic E-state index is 0.546. The zero-order valence-electron chi connectivity index (χ0n) is 10.8. The van der Waals surface area contributed by atoms with Crippen LogP contribution in [-0.4, -0.2) is 6.54 Å². The second-order valence-electron chi connectivity index (χ2n) is 5.29. The van der Waals surface area contributed by atoms with E-state index in [1.165, 1.54) is 23.1 Å². The van der Waals surface area contributed by atoms with E-state index in [1.54, 1.807) is 0 Å². The van der Waals surface area contributed by atoms with Gasteiger partial charge in [-0.2, -0.15) is 0 Å². The molecule has 0 aliphatic carbocycles. The van der Waals surface area contributed by atoms with Crippen molar-refractivity contribution in [2.45, 2.75) is 19.4 Å². The highest BCUT2D eigenvalue weighted by Gasteiger charge is 2.21. The van der Waals surface area contributed by atoms with Crippen molar-refractivity contribution in [3.63, 3.8) is 0 Å². The van der Waals surface area contributed by atoms with E-state index in [0.29, 0.717) is 6.04 Å². The Balaban J connectivity index is 1.81. The highest BCUT2D eigenvalue weighted by molar-refractivity contribution is 5.63. The number of nitrogens with one attached hydrogen (secondary N) is 1. The van der Waals surface area contributed by atoms with Gasteiger partial charge in [0, 0.05) is 6.04 Å². The van der Waals surface area contributed by atoms with Crippen LogP contribution < -0.4 is 5.32 Å². The van der Waals surface area contributed by atoms with Crippen LogP contribution in [-0.2, 0) is 0 Å². The molecule has 1 N–H and O–H groups in total. The van der Waals surface area contributed by atoms with Crippen LogP contribution in [0, 0.1) is 5.92 Å². The quantitative estimate of drug-likeness (QED) is 0.831. The minimum Gasteiger partial charge on any atom is -0.310 e. The van der Waals surface area contributed by atoms with E-state index in [-0.39, 0.29) is 0 Å². The first kappa shape index (κ1) is 11.5.